The molecule has 0 saturated carbocycles. The van der Waals surface area contributed by atoms with Gasteiger partial charge in [0.05, 0.1) is 33.1 Å². The largest absolute Gasteiger partial charge is 0.309 e. The second-order valence-electron chi connectivity index (χ2n) is 13.4. The summed E-state index contributed by atoms with van der Waals surface area (Å²) in [6, 6.07) is 64.8. The second kappa shape index (κ2) is 11.2. The first-order valence-electron chi connectivity index (χ1n) is 17.7. The Morgan fingerprint density at radius 3 is 1.65 bits per heavy atom. The molecular formula is C48H30N4. The quantitative estimate of drug-likeness (QED) is 0.188. The van der Waals surface area contributed by atoms with E-state index in [1.54, 1.807) is 0 Å². The molecule has 8 aromatic carbocycles. The van der Waals surface area contributed by atoms with E-state index in [9.17, 15) is 0 Å². The lowest BCUT2D eigenvalue weighted by Gasteiger charge is -2.14. The molecule has 0 atom stereocenters. The monoisotopic (exact) mass is 662 g/mol. The highest BCUT2D eigenvalue weighted by molar-refractivity contribution is 6.25. The molecule has 3 heterocycles. The Labute approximate surface area is 299 Å². The summed E-state index contributed by atoms with van der Waals surface area (Å²) in [5, 5.41) is 7.26. The zero-order chi connectivity index (χ0) is 34.2. The number of nitrogens with zero attached hydrogens (tertiary/aromatic N) is 4. The predicted molar refractivity (Wildman–Crippen MR) is 217 cm³/mol. The molecule has 4 heteroatoms. The van der Waals surface area contributed by atoms with Gasteiger partial charge in [-0.3, -0.25) is 4.57 Å². The summed E-state index contributed by atoms with van der Waals surface area (Å²) >= 11 is 0. The summed E-state index contributed by atoms with van der Waals surface area (Å²) < 4.78 is 4.78. The molecule has 11 aromatic rings. The summed E-state index contributed by atoms with van der Waals surface area (Å²) in [6.07, 6.45) is 0. The molecule has 0 amide bonds. The van der Waals surface area contributed by atoms with Gasteiger partial charge in [-0.15, -0.1) is 0 Å². The van der Waals surface area contributed by atoms with E-state index in [2.05, 4.69) is 167 Å². The maximum atomic E-state index is 5.38. The Hall–Kier alpha value is -7.04. The van der Waals surface area contributed by atoms with Gasteiger partial charge in [-0.1, -0.05) is 133 Å². The SMILES string of the molecule is c1ccc(-c2nc3ccccc3nc2-n2c3ccccc3c3cc4c5cc(-c6ccccc6)c6ccccc6c5n(-c5ccccc5)c4cc32)cc1. The number of para-hydroxylation sites is 4. The molecule has 3 aromatic heterocycles. The molecule has 0 aliphatic carbocycles. The van der Waals surface area contributed by atoms with E-state index in [4.69, 9.17) is 9.97 Å². The lowest BCUT2D eigenvalue weighted by molar-refractivity contribution is 1.08. The normalized spacial score (nSPS) is 11.8. The number of hydrogen-bond donors (Lipinski definition) is 0. The maximum absolute atomic E-state index is 5.38. The number of hydrogen-bond acceptors (Lipinski definition) is 2. The van der Waals surface area contributed by atoms with E-state index < -0.39 is 0 Å². The van der Waals surface area contributed by atoms with E-state index in [0.717, 1.165) is 50.3 Å². The van der Waals surface area contributed by atoms with Crippen molar-refractivity contribution in [3.05, 3.63) is 182 Å². The fourth-order valence-electron chi connectivity index (χ4n) is 8.20. The van der Waals surface area contributed by atoms with Crippen molar-refractivity contribution >= 4 is 65.4 Å². The fourth-order valence-corrected chi connectivity index (χ4v) is 8.20. The van der Waals surface area contributed by atoms with Crippen LogP contribution in [0.25, 0.3) is 99.3 Å². The molecule has 0 aliphatic heterocycles. The Kier molecular flexibility index (Phi) is 6.22. The summed E-state index contributed by atoms with van der Waals surface area (Å²) in [5.74, 6) is 0.814. The van der Waals surface area contributed by atoms with E-state index in [1.807, 2.05) is 24.3 Å². The van der Waals surface area contributed by atoms with Gasteiger partial charge in [-0.25, -0.2) is 9.97 Å². The van der Waals surface area contributed by atoms with Gasteiger partial charge in [0.1, 0.15) is 5.69 Å². The first-order chi connectivity index (χ1) is 25.8. The van der Waals surface area contributed by atoms with Gasteiger partial charge in [-0.2, -0.15) is 0 Å². The van der Waals surface area contributed by atoms with Crippen LogP contribution in [0.2, 0.25) is 0 Å². The van der Waals surface area contributed by atoms with Crippen molar-refractivity contribution in [1.82, 2.24) is 19.1 Å². The molecule has 0 bridgehead atoms. The molecule has 0 spiro atoms. The van der Waals surface area contributed by atoms with Gasteiger partial charge >= 0.3 is 0 Å². The summed E-state index contributed by atoms with van der Waals surface area (Å²) in [6.45, 7) is 0. The van der Waals surface area contributed by atoms with Crippen molar-refractivity contribution in [3.8, 4) is 33.9 Å². The minimum atomic E-state index is 0.814. The molecule has 0 N–H and O–H groups in total. The van der Waals surface area contributed by atoms with Crippen LogP contribution in [0, 0.1) is 0 Å². The molecule has 0 aliphatic rings. The molecule has 0 radical (unpaired) electrons. The maximum Gasteiger partial charge on any atom is 0.165 e. The third-order valence-corrected chi connectivity index (χ3v) is 10.5. The lowest BCUT2D eigenvalue weighted by Crippen LogP contribution is -2.03. The Morgan fingerprint density at radius 2 is 0.904 bits per heavy atom. The minimum Gasteiger partial charge on any atom is -0.309 e. The van der Waals surface area contributed by atoms with Gasteiger partial charge in [-0.05, 0) is 65.0 Å². The first kappa shape index (κ1) is 28.8. The van der Waals surface area contributed by atoms with Crippen molar-refractivity contribution in [2.24, 2.45) is 0 Å². The van der Waals surface area contributed by atoms with Crippen LogP contribution in [0.5, 0.6) is 0 Å². The van der Waals surface area contributed by atoms with Gasteiger partial charge in [0.15, 0.2) is 5.82 Å². The molecule has 0 fully saturated rings. The Bertz CT molecular complexity index is 3160. The average Bonchev–Trinajstić information content (AvgIpc) is 3.72. The number of rotatable bonds is 4. The van der Waals surface area contributed by atoms with Crippen LogP contribution in [0.4, 0.5) is 0 Å². The van der Waals surface area contributed by atoms with Crippen LogP contribution in [0.1, 0.15) is 0 Å². The minimum absolute atomic E-state index is 0.814. The van der Waals surface area contributed by atoms with Gasteiger partial charge in [0.25, 0.3) is 0 Å². The lowest BCUT2D eigenvalue weighted by atomic mass is 9.95. The standard InChI is InChI=1S/C48H30N4/c1-4-16-31(17-5-1)37-28-40-39-29-38-35-23-12-15-27-43(35)52(48-46(32-18-6-2-7-19-32)49-41-25-13-14-26-42(41)50-48)45(38)30-44(39)51(33-20-8-3-9-21-33)47(40)36-24-11-10-22-34(36)37/h1-30H. The van der Waals surface area contributed by atoms with Crippen molar-refractivity contribution in [3.63, 3.8) is 0 Å². The van der Waals surface area contributed by atoms with E-state index >= 15 is 0 Å². The van der Waals surface area contributed by atoms with Crippen LogP contribution in [0.3, 0.4) is 0 Å². The number of benzene rings is 8. The molecular weight excluding hydrogens is 633 g/mol. The second-order valence-corrected chi connectivity index (χ2v) is 13.4. The van der Waals surface area contributed by atoms with Crippen molar-refractivity contribution < 1.29 is 0 Å². The topological polar surface area (TPSA) is 35.6 Å². The highest BCUT2D eigenvalue weighted by Crippen LogP contribution is 2.44. The van der Waals surface area contributed by atoms with E-state index in [1.165, 1.54) is 49.0 Å². The fraction of sp³-hybridized carbons (Fsp3) is 0. The van der Waals surface area contributed by atoms with Crippen LogP contribution in [0.15, 0.2) is 182 Å². The third kappa shape index (κ3) is 4.21. The summed E-state index contributed by atoms with van der Waals surface area (Å²) in [5.41, 5.74) is 11.7. The summed E-state index contributed by atoms with van der Waals surface area (Å²) in [4.78, 5) is 10.6. The Morgan fingerprint density at radius 1 is 0.346 bits per heavy atom. The average molecular weight is 663 g/mol. The van der Waals surface area contributed by atoms with Crippen molar-refractivity contribution in [2.75, 3.05) is 0 Å². The predicted octanol–water partition coefficient (Wildman–Crippen LogP) is 12.3. The van der Waals surface area contributed by atoms with Crippen molar-refractivity contribution in [1.29, 1.82) is 0 Å². The van der Waals surface area contributed by atoms with Crippen molar-refractivity contribution in [2.45, 2.75) is 0 Å². The van der Waals surface area contributed by atoms with Gasteiger partial charge in [0, 0.05) is 38.2 Å². The van der Waals surface area contributed by atoms with Gasteiger partial charge < -0.3 is 4.57 Å². The zero-order valence-electron chi connectivity index (χ0n) is 28.1. The molecule has 242 valence electrons. The highest BCUT2D eigenvalue weighted by atomic mass is 15.1. The molecule has 0 unspecified atom stereocenters. The van der Waals surface area contributed by atoms with E-state index in [0.29, 0.717) is 0 Å². The number of fused-ring (bicyclic) bond motifs is 9. The molecule has 4 nitrogen and oxygen atoms in total. The highest BCUT2D eigenvalue weighted by Gasteiger charge is 2.23. The molecule has 52 heavy (non-hydrogen) atoms. The first-order valence-corrected chi connectivity index (χ1v) is 17.7. The van der Waals surface area contributed by atoms with Crippen LogP contribution in [-0.4, -0.2) is 19.1 Å². The van der Waals surface area contributed by atoms with Crippen LogP contribution < -0.4 is 0 Å². The third-order valence-electron chi connectivity index (χ3n) is 10.5. The van der Waals surface area contributed by atoms with E-state index in [-0.39, 0.29) is 0 Å². The van der Waals surface area contributed by atoms with Crippen LogP contribution >= 0.6 is 0 Å². The zero-order valence-corrected chi connectivity index (χ0v) is 28.1. The summed E-state index contributed by atoms with van der Waals surface area (Å²) in [7, 11) is 0. The van der Waals surface area contributed by atoms with Crippen LogP contribution in [-0.2, 0) is 0 Å². The Balaban J connectivity index is 1.33. The molecule has 11 rings (SSSR count). The molecule has 0 saturated heterocycles. The van der Waals surface area contributed by atoms with Gasteiger partial charge in [0.2, 0.25) is 0 Å². The number of aromatic nitrogens is 4. The smallest absolute Gasteiger partial charge is 0.165 e.